The smallest absolute Gasteiger partial charge is 0.407 e. The molecule has 8 nitrogen and oxygen atoms in total. The molecular weight excluding hydrogens is 520 g/mol. The first-order valence-electron chi connectivity index (χ1n) is 14.0. The molecule has 4 atom stereocenters. The van der Waals surface area contributed by atoms with Crippen molar-refractivity contribution in [1.29, 1.82) is 0 Å². The van der Waals surface area contributed by atoms with E-state index in [1.807, 2.05) is 66.7 Å². The fourth-order valence-corrected chi connectivity index (χ4v) is 5.54. The van der Waals surface area contributed by atoms with Gasteiger partial charge in [-0.25, -0.2) is 4.79 Å². The van der Waals surface area contributed by atoms with E-state index in [-0.39, 0.29) is 25.0 Å². The molecule has 3 N–H and O–H groups in total. The predicted molar refractivity (Wildman–Crippen MR) is 156 cm³/mol. The van der Waals surface area contributed by atoms with E-state index in [0.717, 1.165) is 27.8 Å². The average Bonchev–Trinajstić information content (AvgIpc) is 3.27. The molecule has 4 rings (SSSR count). The summed E-state index contributed by atoms with van der Waals surface area (Å²) in [4.78, 5) is 38.3. The molecular formula is C33H38N2O6. The van der Waals surface area contributed by atoms with E-state index in [0.29, 0.717) is 0 Å². The van der Waals surface area contributed by atoms with Crippen molar-refractivity contribution in [3.63, 3.8) is 0 Å². The number of carbonyl (C=O) groups excluding carboxylic acids is 2. The highest BCUT2D eigenvalue weighted by molar-refractivity contribution is 5.87. The van der Waals surface area contributed by atoms with Gasteiger partial charge in [-0.2, -0.15) is 0 Å². The molecule has 0 saturated heterocycles. The monoisotopic (exact) mass is 558 g/mol. The van der Waals surface area contributed by atoms with Crippen LogP contribution < -0.4 is 10.6 Å². The molecule has 0 fully saturated rings. The normalized spacial score (nSPS) is 15.2. The van der Waals surface area contributed by atoms with Gasteiger partial charge in [0.25, 0.3) is 0 Å². The number of ether oxygens (including phenoxy) is 2. The quantitative estimate of drug-likeness (QED) is 0.276. The lowest BCUT2D eigenvalue weighted by molar-refractivity contribution is -0.144. The SMILES string of the molecule is CC(C)C(C(=O)O)C(C)NC(=O)C(NC(=O)OCC1c2ccccc2-c2ccccc21)C(C)OCc1ccccc1. The summed E-state index contributed by atoms with van der Waals surface area (Å²) in [6.07, 6.45) is -1.49. The highest BCUT2D eigenvalue weighted by Gasteiger charge is 2.35. The van der Waals surface area contributed by atoms with Gasteiger partial charge < -0.3 is 25.2 Å². The number of nitrogens with one attached hydrogen (secondary N) is 2. The zero-order chi connectivity index (χ0) is 29.5. The zero-order valence-electron chi connectivity index (χ0n) is 23.9. The van der Waals surface area contributed by atoms with Crippen molar-refractivity contribution in [2.45, 2.75) is 58.4 Å². The van der Waals surface area contributed by atoms with Crippen molar-refractivity contribution in [3.8, 4) is 11.1 Å². The molecule has 0 bridgehead atoms. The van der Waals surface area contributed by atoms with Crippen molar-refractivity contribution < 1.29 is 29.0 Å². The van der Waals surface area contributed by atoms with Crippen LogP contribution in [0.2, 0.25) is 0 Å². The third-order valence-corrected chi connectivity index (χ3v) is 7.64. The minimum absolute atomic E-state index is 0.0955. The molecule has 8 heteroatoms. The topological polar surface area (TPSA) is 114 Å². The molecule has 1 aliphatic carbocycles. The number of fused-ring (bicyclic) bond motifs is 3. The van der Waals surface area contributed by atoms with Crippen LogP contribution in [-0.4, -0.2) is 47.9 Å². The Balaban J connectivity index is 1.46. The van der Waals surface area contributed by atoms with Crippen LogP contribution in [0.3, 0.4) is 0 Å². The zero-order valence-corrected chi connectivity index (χ0v) is 23.9. The molecule has 0 saturated carbocycles. The Morgan fingerprint density at radius 2 is 1.37 bits per heavy atom. The summed E-state index contributed by atoms with van der Waals surface area (Å²) in [5, 5.41) is 15.1. The molecule has 216 valence electrons. The summed E-state index contributed by atoms with van der Waals surface area (Å²) in [5.74, 6) is -2.67. The van der Waals surface area contributed by atoms with Crippen LogP contribution in [0, 0.1) is 11.8 Å². The van der Waals surface area contributed by atoms with E-state index in [4.69, 9.17) is 9.47 Å². The first-order chi connectivity index (χ1) is 19.7. The van der Waals surface area contributed by atoms with Gasteiger partial charge in [-0.3, -0.25) is 9.59 Å². The third-order valence-electron chi connectivity index (χ3n) is 7.64. The van der Waals surface area contributed by atoms with Gasteiger partial charge in [-0.1, -0.05) is 92.7 Å². The number of hydrogen-bond acceptors (Lipinski definition) is 5. The summed E-state index contributed by atoms with van der Waals surface area (Å²) in [6.45, 7) is 7.25. The number of aliphatic carboxylic acids is 1. The number of amides is 2. The number of alkyl carbamates (subject to hydrolysis) is 1. The van der Waals surface area contributed by atoms with E-state index in [1.165, 1.54) is 0 Å². The van der Waals surface area contributed by atoms with Gasteiger partial charge in [0.2, 0.25) is 5.91 Å². The lowest BCUT2D eigenvalue weighted by Crippen LogP contribution is -2.56. The molecule has 3 aromatic rings. The van der Waals surface area contributed by atoms with E-state index in [9.17, 15) is 19.5 Å². The van der Waals surface area contributed by atoms with Crippen molar-refractivity contribution in [3.05, 3.63) is 95.6 Å². The Morgan fingerprint density at radius 3 is 1.93 bits per heavy atom. The summed E-state index contributed by atoms with van der Waals surface area (Å²) in [5.41, 5.74) is 5.31. The van der Waals surface area contributed by atoms with Crippen molar-refractivity contribution in [2.24, 2.45) is 11.8 Å². The Bertz CT molecular complexity index is 1310. The molecule has 3 aromatic carbocycles. The maximum atomic E-state index is 13.4. The number of hydrogen-bond donors (Lipinski definition) is 3. The van der Waals surface area contributed by atoms with Crippen LogP contribution in [-0.2, 0) is 25.7 Å². The highest BCUT2D eigenvalue weighted by atomic mass is 16.5. The number of rotatable bonds is 12. The van der Waals surface area contributed by atoms with Gasteiger partial charge in [-0.15, -0.1) is 0 Å². The molecule has 0 radical (unpaired) electrons. The van der Waals surface area contributed by atoms with Gasteiger partial charge in [0, 0.05) is 12.0 Å². The number of benzene rings is 3. The van der Waals surface area contributed by atoms with E-state index in [2.05, 4.69) is 22.8 Å². The predicted octanol–water partition coefficient (Wildman–Crippen LogP) is 5.36. The highest BCUT2D eigenvalue weighted by Crippen LogP contribution is 2.44. The van der Waals surface area contributed by atoms with Crippen LogP contribution in [0.1, 0.15) is 50.3 Å². The molecule has 0 aliphatic heterocycles. The summed E-state index contributed by atoms with van der Waals surface area (Å²) in [7, 11) is 0. The first kappa shape index (κ1) is 29.8. The van der Waals surface area contributed by atoms with Crippen molar-refractivity contribution in [2.75, 3.05) is 6.61 Å². The lowest BCUT2D eigenvalue weighted by atomic mass is 9.89. The summed E-state index contributed by atoms with van der Waals surface area (Å²) < 4.78 is 11.7. The van der Waals surface area contributed by atoms with E-state index < -0.39 is 42.1 Å². The number of carboxylic acids is 1. The van der Waals surface area contributed by atoms with Gasteiger partial charge in [0.1, 0.15) is 12.6 Å². The molecule has 0 aromatic heterocycles. The van der Waals surface area contributed by atoms with E-state index >= 15 is 0 Å². The fourth-order valence-electron chi connectivity index (χ4n) is 5.54. The first-order valence-corrected chi connectivity index (χ1v) is 14.0. The number of carboxylic acid groups (broad SMARTS) is 1. The maximum Gasteiger partial charge on any atom is 0.407 e. The molecule has 0 heterocycles. The second-order valence-electron chi connectivity index (χ2n) is 10.9. The molecule has 4 unspecified atom stereocenters. The van der Waals surface area contributed by atoms with Gasteiger partial charge >= 0.3 is 12.1 Å². The van der Waals surface area contributed by atoms with Crippen molar-refractivity contribution in [1.82, 2.24) is 10.6 Å². The second kappa shape index (κ2) is 13.5. The lowest BCUT2D eigenvalue weighted by Gasteiger charge is -2.29. The Hall–Kier alpha value is -4.17. The Kier molecular flexibility index (Phi) is 9.78. The fraction of sp³-hybridized carbons (Fsp3) is 0.364. The molecule has 0 spiro atoms. The van der Waals surface area contributed by atoms with Crippen LogP contribution in [0.15, 0.2) is 78.9 Å². The van der Waals surface area contributed by atoms with Crippen LogP contribution in [0.4, 0.5) is 4.79 Å². The Morgan fingerprint density at radius 1 is 0.805 bits per heavy atom. The minimum Gasteiger partial charge on any atom is -0.481 e. The van der Waals surface area contributed by atoms with Gasteiger partial charge in [0.05, 0.1) is 18.6 Å². The van der Waals surface area contributed by atoms with E-state index in [1.54, 1.807) is 27.7 Å². The summed E-state index contributed by atoms with van der Waals surface area (Å²) in [6, 6.07) is 23.8. The standard InChI is InChI=1S/C33H38N2O6/c1-20(2)29(32(37)38)21(3)34-31(36)30(22(4)40-18-23-12-6-5-7-13-23)35-33(39)41-19-28-26-16-10-8-14-24(26)25-15-9-11-17-27(25)28/h5-17,20-22,28-30H,18-19H2,1-4H3,(H,34,36)(H,35,39)(H,37,38). The minimum atomic E-state index is -1.11. The average molecular weight is 559 g/mol. The van der Waals surface area contributed by atoms with Crippen LogP contribution in [0.25, 0.3) is 11.1 Å². The number of carbonyl (C=O) groups is 3. The molecule has 2 amide bonds. The van der Waals surface area contributed by atoms with Crippen molar-refractivity contribution >= 4 is 18.0 Å². The second-order valence-corrected chi connectivity index (χ2v) is 10.9. The largest absolute Gasteiger partial charge is 0.481 e. The van der Waals surface area contributed by atoms with Crippen LogP contribution in [0.5, 0.6) is 0 Å². The summed E-state index contributed by atoms with van der Waals surface area (Å²) >= 11 is 0. The molecule has 41 heavy (non-hydrogen) atoms. The Labute approximate surface area is 241 Å². The third kappa shape index (κ3) is 7.13. The maximum absolute atomic E-state index is 13.4. The molecule has 1 aliphatic rings. The van der Waals surface area contributed by atoms with Gasteiger partial charge in [-0.05, 0) is 47.6 Å². The van der Waals surface area contributed by atoms with Gasteiger partial charge in [0.15, 0.2) is 0 Å². The van der Waals surface area contributed by atoms with Crippen LogP contribution >= 0.6 is 0 Å².